The largest absolute Gasteiger partial charge is 0.491 e. The van der Waals surface area contributed by atoms with Crippen molar-refractivity contribution in [1.82, 2.24) is 0 Å². The van der Waals surface area contributed by atoms with Gasteiger partial charge in [-0.2, -0.15) is 5.26 Å². The van der Waals surface area contributed by atoms with Crippen molar-refractivity contribution in [2.24, 2.45) is 0 Å². The van der Waals surface area contributed by atoms with E-state index in [1.54, 1.807) is 6.08 Å². The summed E-state index contributed by atoms with van der Waals surface area (Å²) in [4.78, 5) is 0. The van der Waals surface area contributed by atoms with Crippen LogP contribution in [0.1, 0.15) is 16.7 Å². The van der Waals surface area contributed by atoms with E-state index in [0.717, 1.165) is 22.4 Å². The van der Waals surface area contributed by atoms with Crippen molar-refractivity contribution in [1.29, 1.82) is 5.26 Å². The number of aryl methyl sites for hydroxylation is 1. The predicted molar refractivity (Wildman–Crippen MR) is 87.5 cm³/mol. The molecule has 112 valence electrons. The Labute approximate surface area is 131 Å². The second-order valence-electron chi connectivity index (χ2n) is 5.09. The van der Waals surface area contributed by atoms with E-state index in [-0.39, 0.29) is 6.61 Å². The Morgan fingerprint density at radius 3 is 2.68 bits per heavy atom. The lowest BCUT2D eigenvalue weighted by molar-refractivity contribution is 0.107. The topological polar surface area (TPSA) is 53.2 Å². The molecule has 1 N–H and O–H groups in total. The van der Waals surface area contributed by atoms with Crippen LogP contribution in [0.3, 0.4) is 0 Å². The van der Waals surface area contributed by atoms with E-state index in [2.05, 4.69) is 0 Å². The van der Waals surface area contributed by atoms with Gasteiger partial charge in [0.1, 0.15) is 12.4 Å². The van der Waals surface area contributed by atoms with Crippen LogP contribution in [-0.2, 0) is 6.42 Å². The van der Waals surface area contributed by atoms with E-state index in [9.17, 15) is 5.11 Å². The number of nitrogens with zero attached hydrogens (tertiary/aromatic N) is 1. The molecule has 3 nitrogen and oxygen atoms in total. The highest BCUT2D eigenvalue weighted by atomic mass is 16.5. The van der Waals surface area contributed by atoms with Gasteiger partial charge in [-0.05, 0) is 41.8 Å². The number of aliphatic hydroxyl groups is 1. The van der Waals surface area contributed by atoms with E-state index < -0.39 is 6.10 Å². The number of allylic oxidation sites excluding steroid dienone is 1. The van der Waals surface area contributed by atoms with E-state index in [1.165, 1.54) is 6.08 Å². The third-order valence-electron chi connectivity index (χ3n) is 3.38. The number of rotatable bonds is 6. The molecule has 2 rings (SSSR count). The van der Waals surface area contributed by atoms with Crippen LogP contribution in [0.4, 0.5) is 0 Å². The Bertz CT molecular complexity index is 672. The molecule has 2 aromatic carbocycles. The van der Waals surface area contributed by atoms with Crippen LogP contribution in [0.2, 0.25) is 0 Å². The number of nitriles is 1. The first-order chi connectivity index (χ1) is 10.7. The second kappa shape index (κ2) is 8.02. The molecule has 2 aromatic rings. The number of para-hydroxylation sites is 1. The summed E-state index contributed by atoms with van der Waals surface area (Å²) in [5.41, 5.74) is 3.08. The maximum absolute atomic E-state index is 10.2. The monoisotopic (exact) mass is 293 g/mol. The highest BCUT2D eigenvalue weighted by Crippen LogP contribution is 2.18. The number of hydrogen-bond donors (Lipinski definition) is 1. The molecule has 0 saturated heterocycles. The standard InChI is InChI=1S/C19H19NO2/c1-15-7-5-8-16(19(15)11-6-12-20)13-17(21)14-22-18-9-3-2-4-10-18/h2-11,17,21H,13-14H2,1H3. The Morgan fingerprint density at radius 2 is 1.95 bits per heavy atom. The van der Waals surface area contributed by atoms with Gasteiger partial charge in [-0.1, -0.05) is 36.4 Å². The number of benzene rings is 2. The molecular formula is C19H19NO2. The van der Waals surface area contributed by atoms with Crippen molar-refractivity contribution < 1.29 is 9.84 Å². The zero-order valence-electron chi connectivity index (χ0n) is 12.6. The number of aliphatic hydroxyl groups excluding tert-OH is 1. The van der Waals surface area contributed by atoms with Crippen LogP contribution in [0.15, 0.2) is 54.6 Å². The van der Waals surface area contributed by atoms with Crippen molar-refractivity contribution in [3.8, 4) is 11.8 Å². The molecule has 0 aromatic heterocycles. The molecule has 3 heteroatoms. The molecule has 0 radical (unpaired) electrons. The van der Waals surface area contributed by atoms with Crippen molar-refractivity contribution in [3.63, 3.8) is 0 Å². The SMILES string of the molecule is Cc1cccc(CC(O)COc2ccccc2)c1C=CC#N. The third kappa shape index (κ3) is 4.47. The van der Waals surface area contributed by atoms with Gasteiger partial charge >= 0.3 is 0 Å². The Balaban J connectivity index is 2.02. The fourth-order valence-corrected chi connectivity index (χ4v) is 2.30. The summed E-state index contributed by atoms with van der Waals surface area (Å²) in [5, 5.41) is 18.9. The summed E-state index contributed by atoms with van der Waals surface area (Å²) >= 11 is 0. The Morgan fingerprint density at radius 1 is 1.18 bits per heavy atom. The fraction of sp³-hybridized carbons (Fsp3) is 0.211. The Kier molecular flexibility index (Phi) is 5.76. The van der Waals surface area contributed by atoms with Crippen LogP contribution in [0.5, 0.6) is 5.75 Å². The lowest BCUT2D eigenvalue weighted by Crippen LogP contribution is -2.20. The zero-order chi connectivity index (χ0) is 15.8. The first-order valence-corrected chi connectivity index (χ1v) is 7.21. The molecule has 22 heavy (non-hydrogen) atoms. The zero-order valence-corrected chi connectivity index (χ0v) is 12.6. The molecule has 0 fully saturated rings. The number of ether oxygens (including phenoxy) is 1. The Hall–Kier alpha value is -2.57. The fourth-order valence-electron chi connectivity index (χ4n) is 2.30. The highest BCUT2D eigenvalue weighted by molar-refractivity contribution is 5.59. The minimum Gasteiger partial charge on any atom is -0.491 e. The molecule has 0 aliphatic rings. The molecule has 0 heterocycles. The van der Waals surface area contributed by atoms with Crippen molar-refractivity contribution in [3.05, 3.63) is 71.3 Å². The molecule has 1 unspecified atom stereocenters. The average Bonchev–Trinajstić information content (AvgIpc) is 2.53. The average molecular weight is 293 g/mol. The van der Waals surface area contributed by atoms with Crippen LogP contribution in [-0.4, -0.2) is 17.8 Å². The first-order valence-electron chi connectivity index (χ1n) is 7.21. The van der Waals surface area contributed by atoms with Gasteiger partial charge in [-0.15, -0.1) is 0 Å². The maximum Gasteiger partial charge on any atom is 0.119 e. The molecule has 0 amide bonds. The van der Waals surface area contributed by atoms with Crippen LogP contribution >= 0.6 is 0 Å². The van der Waals surface area contributed by atoms with E-state index in [4.69, 9.17) is 10.00 Å². The van der Waals surface area contributed by atoms with Gasteiger partial charge in [0.05, 0.1) is 12.2 Å². The summed E-state index contributed by atoms with van der Waals surface area (Å²) < 4.78 is 5.57. The quantitative estimate of drug-likeness (QED) is 0.829. The van der Waals surface area contributed by atoms with Crippen molar-refractivity contribution in [2.75, 3.05) is 6.61 Å². The van der Waals surface area contributed by atoms with Gasteiger partial charge in [0, 0.05) is 12.5 Å². The minimum absolute atomic E-state index is 0.235. The summed E-state index contributed by atoms with van der Waals surface area (Å²) in [6.45, 7) is 2.23. The van der Waals surface area contributed by atoms with Gasteiger partial charge in [0.2, 0.25) is 0 Å². The summed E-state index contributed by atoms with van der Waals surface area (Å²) in [5.74, 6) is 0.746. The normalized spacial score (nSPS) is 12.0. The van der Waals surface area contributed by atoms with Crippen LogP contribution < -0.4 is 4.74 Å². The highest BCUT2D eigenvalue weighted by Gasteiger charge is 2.10. The molecule has 0 aliphatic heterocycles. The van der Waals surface area contributed by atoms with E-state index in [1.807, 2.05) is 61.5 Å². The van der Waals surface area contributed by atoms with Gasteiger partial charge < -0.3 is 9.84 Å². The second-order valence-corrected chi connectivity index (χ2v) is 5.09. The van der Waals surface area contributed by atoms with Crippen molar-refractivity contribution >= 4 is 6.08 Å². The summed E-state index contributed by atoms with van der Waals surface area (Å²) in [7, 11) is 0. The molecule has 0 spiro atoms. The molecule has 0 saturated carbocycles. The van der Waals surface area contributed by atoms with E-state index >= 15 is 0 Å². The molecule has 1 atom stereocenters. The van der Waals surface area contributed by atoms with E-state index in [0.29, 0.717) is 6.42 Å². The van der Waals surface area contributed by atoms with Gasteiger partial charge in [0.25, 0.3) is 0 Å². The summed E-state index contributed by atoms with van der Waals surface area (Å²) in [6, 6.07) is 17.4. The predicted octanol–water partition coefficient (Wildman–Crippen LogP) is 3.51. The van der Waals surface area contributed by atoms with Gasteiger partial charge in [-0.25, -0.2) is 0 Å². The van der Waals surface area contributed by atoms with Crippen molar-refractivity contribution in [2.45, 2.75) is 19.4 Å². The summed E-state index contributed by atoms with van der Waals surface area (Å²) in [6.07, 6.45) is 3.13. The van der Waals surface area contributed by atoms with Crippen LogP contribution in [0.25, 0.3) is 6.08 Å². The third-order valence-corrected chi connectivity index (χ3v) is 3.38. The van der Waals surface area contributed by atoms with Gasteiger partial charge in [-0.3, -0.25) is 0 Å². The smallest absolute Gasteiger partial charge is 0.119 e. The van der Waals surface area contributed by atoms with Gasteiger partial charge in [0.15, 0.2) is 0 Å². The first kappa shape index (κ1) is 15.8. The minimum atomic E-state index is -0.601. The lowest BCUT2D eigenvalue weighted by atomic mass is 9.97. The molecule has 0 aliphatic carbocycles. The molecule has 0 bridgehead atoms. The van der Waals surface area contributed by atoms with Crippen LogP contribution in [0, 0.1) is 18.3 Å². The number of hydrogen-bond acceptors (Lipinski definition) is 3. The molecular weight excluding hydrogens is 274 g/mol. The lowest BCUT2D eigenvalue weighted by Gasteiger charge is -2.15. The maximum atomic E-state index is 10.2.